The van der Waals surface area contributed by atoms with Gasteiger partial charge in [-0.3, -0.25) is 0 Å². The zero-order valence-corrected chi connectivity index (χ0v) is 12.6. The summed E-state index contributed by atoms with van der Waals surface area (Å²) in [6.45, 7) is 4.54. The molecule has 1 aliphatic carbocycles. The summed E-state index contributed by atoms with van der Waals surface area (Å²) >= 11 is 3.28. The number of halogens is 2. The second-order valence-corrected chi connectivity index (χ2v) is 6.89. The molecule has 1 aromatic rings. The normalized spacial score (nSPS) is 32.5. The van der Waals surface area contributed by atoms with Crippen LogP contribution in [0.1, 0.15) is 38.7 Å². The van der Waals surface area contributed by atoms with Gasteiger partial charge in [-0.05, 0) is 55.2 Å². The monoisotopic (exact) mass is 313 g/mol. The lowest BCUT2D eigenvalue weighted by Gasteiger charge is -2.40. The summed E-state index contributed by atoms with van der Waals surface area (Å²) < 4.78 is 14.6. The van der Waals surface area contributed by atoms with E-state index >= 15 is 0 Å². The summed E-state index contributed by atoms with van der Waals surface area (Å²) in [5, 5.41) is 0. The molecule has 3 heteroatoms. The summed E-state index contributed by atoms with van der Waals surface area (Å²) in [7, 11) is 0. The van der Waals surface area contributed by atoms with Crippen LogP contribution in [0.4, 0.5) is 4.39 Å². The van der Waals surface area contributed by atoms with Crippen molar-refractivity contribution in [2.75, 3.05) is 0 Å². The van der Waals surface area contributed by atoms with Crippen molar-refractivity contribution >= 4 is 15.9 Å². The SMILES string of the molecule is CC1CCC(N)(Cc2ccc(Br)cc2F)CC1C. The van der Waals surface area contributed by atoms with Gasteiger partial charge in [0.15, 0.2) is 0 Å². The van der Waals surface area contributed by atoms with Crippen molar-refractivity contribution in [1.82, 2.24) is 0 Å². The van der Waals surface area contributed by atoms with Crippen molar-refractivity contribution in [2.24, 2.45) is 17.6 Å². The molecule has 2 rings (SSSR count). The Kier molecular flexibility index (Phi) is 4.12. The predicted molar refractivity (Wildman–Crippen MR) is 76.9 cm³/mol. The molecule has 1 aromatic carbocycles. The molecule has 0 heterocycles. The van der Waals surface area contributed by atoms with E-state index in [1.165, 1.54) is 6.07 Å². The highest BCUT2D eigenvalue weighted by molar-refractivity contribution is 9.10. The van der Waals surface area contributed by atoms with Crippen LogP contribution in [-0.2, 0) is 6.42 Å². The zero-order chi connectivity index (χ0) is 13.3. The molecule has 0 aliphatic heterocycles. The van der Waals surface area contributed by atoms with Crippen LogP contribution >= 0.6 is 15.9 Å². The van der Waals surface area contributed by atoms with Crippen LogP contribution in [0.2, 0.25) is 0 Å². The molecule has 1 saturated carbocycles. The summed E-state index contributed by atoms with van der Waals surface area (Å²) in [5.74, 6) is 1.21. The van der Waals surface area contributed by atoms with Crippen LogP contribution in [0.15, 0.2) is 22.7 Å². The molecule has 3 atom stereocenters. The van der Waals surface area contributed by atoms with E-state index in [-0.39, 0.29) is 11.4 Å². The predicted octanol–water partition coefficient (Wildman–Crippen LogP) is 4.28. The van der Waals surface area contributed by atoms with Crippen molar-refractivity contribution in [3.05, 3.63) is 34.1 Å². The molecule has 0 aromatic heterocycles. The molecule has 1 fully saturated rings. The van der Waals surface area contributed by atoms with Crippen molar-refractivity contribution in [1.29, 1.82) is 0 Å². The van der Waals surface area contributed by atoms with Gasteiger partial charge in [0.25, 0.3) is 0 Å². The van der Waals surface area contributed by atoms with Gasteiger partial charge < -0.3 is 5.73 Å². The fourth-order valence-corrected chi connectivity index (χ4v) is 3.28. The molecule has 1 nitrogen and oxygen atoms in total. The van der Waals surface area contributed by atoms with E-state index < -0.39 is 0 Å². The molecular weight excluding hydrogens is 293 g/mol. The van der Waals surface area contributed by atoms with Crippen molar-refractivity contribution in [2.45, 2.75) is 45.1 Å². The Morgan fingerprint density at radius 3 is 2.72 bits per heavy atom. The van der Waals surface area contributed by atoms with Crippen molar-refractivity contribution in [3.8, 4) is 0 Å². The van der Waals surface area contributed by atoms with Crippen LogP contribution < -0.4 is 5.73 Å². The minimum absolute atomic E-state index is 0.152. The lowest BCUT2D eigenvalue weighted by Crippen LogP contribution is -2.47. The molecule has 0 saturated heterocycles. The minimum Gasteiger partial charge on any atom is -0.325 e. The fourth-order valence-electron chi connectivity index (χ4n) is 2.95. The zero-order valence-electron chi connectivity index (χ0n) is 11.0. The van der Waals surface area contributed by atoms with E-state index in [9.17, 15) is 4.39 Å². The third-order valence-corrected chi connectivity index (χ3v) is 4.85. The molecule has 100 valence electrons. The Bertz CT molecular complexity index is 435. The molecule has 0 amide bonds. The maximum atomic E-state index is 13.9. The quantitative estimate of drug-likeness (QED) is 0.866. The van der Waals surface area contributed by atoms with Gasteiger partial charge >= 0.3 is 0 Å². The summed E-state index contributed by atoms with van der Waals surface area (Å²) in [6.07, 6.45) is 3.77. The van der Waals surface area contributed by atoms with Crippen LogP contribution in [-0.4, -0.2) is 5.54 Å². The number of hydrogen-bond acceptors (Lipinski definition) is 1. The van der Waals surface area contributed by atoms with Crippen LogP contribution in [0.5, 0.6) is 0 Å². The van der Waals surface area contributed by atoms with Crippen molar-refractivity contribution < 1.29 is 4.39 Å². The molecule has 0 radical (unpaired) electrons. The van der Waals surface area contributed by atoms with Crippen LogP contribution in [0.25, 0.3) is 0 Å². The molecule has 18 heavy (non-hydrogen) atoms. The first-order valence-corrected chi connectivity index (χ1v) is 7.42. The number of hydrogen-bond donors (Lipinski definition) is 1. The average molecular weight is 314 g/mol. The Balaban J connectivity index is 2.13. The average Bonchev–Trinajstić information content (AvgIpc) is 2.28. The highest BCUT2D eigenvalue weighted by Gasteiger charge is 2.34. The second kappa shape index (κ2) is 5.30. The lowest BCUT2D eigenvalue weighted by atomic mass is 9.69. The smallest absolute Gasteiger partial charge is 0.127 e. The van der Waals surface area contributed by atoms with E-state index in [2.05, 4.69) is 29.8 Å². The van der Waals surface area contributed by atoms with E-state index in [0.29, 0.717) is 12.3 Å². The molecule has 2 N–H and O–H groups in total. The fraction of sp³-hybridized carbons (Fsp3) is 0.600. The maximum Gasteiger partial charge on any atom is 0.127 e. The van der Waals surface area contributed by atoms with E-state index in [0.717, 1.165) is 35.2 Å². The maximum absolute atomic E-state index is 13.9. The van der Waals surface area contributed by atoms with Gasteiger partial charge in [0.2, 0.25) is 0 Å². The van der Waals surface area contributed by atoms with Gasteiger partial charge in [-0.15, -0.1) is 0 Å². The van der Waals surface area contributed by atoms with Gasteiger partial charge in [0, 0.05) is 10.0 Å². The Labute approximate surface area is 117 Å². The minimum atomic E-state index is -0.236. The Morgan fingerprint density at radius 2 is 2.11 bits per heavy atom. The van der Waals surface area contributed by atoms with Gasteiger partial charge in [0.1, 0.15) is 5.82 Å². The Morgan fingerprint density at radius 1 is 1.39 bits per heavy atom. The van der Waals surface area contributed by atoms with Gasteiger partial charge in [-0.1, -0.05) is 35.8 Å². The van der Waals surface area contributed by atoms with Gasteiger partial charge in [-0.2, -0.15) is 0 Å². The molecule has 1 aliphatic rings. The highest BCUT2D eigenvalue weighted by Crippen LogP contribution is 2.37. The van der Waals surface area contributed by atoms with Crippen LogP contribution in [0, 0.1) is 17.7 Å². The van der Waals surface area contributed by atoms with E-state index in [4.69, 9.17) is 5.73 Å². The standard InChI is InChI=1S/C15H21BrFN/c1-10-5-6-15(18,8-11(10)2)9-12-3-4-13(16)7-14(12)17/h3-4,7,10-11H,5-6,8-9,18H2,1-2H3. The second-order valence-electron chi connectivity index (χ2n) is 5.97. The molecule has 0 spiro atoms. The first-order chi connectivity index (χ1) is 8.39. The number of benzene rings is 1. The van der Waals surface area contributed by atoms with E-state index in [1.54, 1.807) is 0 Å². The summed E-state index contributed by atoms with van der Waals surface area (Å²) in [6, 6.07) is 5.25. The topological polar surface area (TPSA) is 26.0 Å². The third-order valence-electron chi connectivity index (χ3n) is 4.36. The summed E-state index contributed by atoms with van der Waals surface area (Å²) in [5.41, 5.74) is 6.98. The summed E-state index contributed by atoms with van der Waals surface area (Å²) in [4.78, 5) is 0. The Hall–Kier alpha value is -0.410. The van der Waals surface area contributed by atoms with E-state index in [1.807, 2.05) is 12.1 Å². The molecular formula is C15H21BrFN. The first kappa shape index (κ1) is 14.0. The van der Waals surface area contributed by atoms with Crippen LogP contribution in [0.3, 0.4) is 0 Å². The van der Waals surface area contributed by atoms with Gasteiger partial charge in [0.05, 0.1) is 0 Å². The third kappa shape index (κ3) is 3.12. The van der Waals surface area contributed by atoms with Gasteiger partial charge in [-0.25, -0.2) is 4.39 Å². The molecule has 0 bridgehead atoms. The highest BCUT2D eigenvalue weighted by atomic mass is 79.9. The first-order valence-electron chi connectivity index (χ1n) is 6.62. The molecule has 3 unspecified atom stereocenters. The number of rotatable bonds is 2. The number of nitrogens with two attached hydrogens (primary N) is 1. The largest absolute Gasteiger partial charge is 0.325 e. The van der Waals surface area contributed by atoms with Crippen molar-refractivity contribution in [3.63, 3.8) is 0 Å². The lowest BCUT2D eigenvalue weighted by molar-refractivity contribution is 0.175.